The van der Waals surface area contributed by atoms with Crippen LogP contribution in [0.4, 0.5) is 0 Å². The Balaban J connectivity index is 2.08. The van der Waals surface area contributed by atoms with Crippen molar-refractivity contribution in [2.75, 3.05) is 13.1 Å². The average molecular weight is 284 g/mol. The summed E-state index contributed by atoms with van der Waals surface area (Å²) in [6, 6.07) is 8.61. The van der Waals surface area contributed by atoms with Crippen molar-refractivity contribution >= 4 is 10.9 Å². The number of aromatic nitrogens is 1. The van der Waals surface area contributed by atoms with Crippen molar-refractivity contribution in [3.63, 3.8) is 0 Å². The second-order valence-corrected chi connectivity index (χ2v) is 6.16. The van der Waals surface area contributed by atoms with Gasteiger partial charge in [-0.2, -0.15) is 0 Å². The molecule has 0 aliphatic carbocycles. The molecule has 1 N–H and O–H groups in total. The topological polar surface area (TPSA) is 36.4 Å². The fourth-order valence-corrected chi connectivity index (χ4v) is 3.55. The second-order valence-electron chi connectivity index (χ2n) is 6.16. The molecule has 2 atom stereocenters. The molecule has 1 aliphatic heterocycles. The largest absolute Gasteiger partial charge is 0.387 e. The summed E-state index contributed by atoms with van der Waals surface area (Å²) in [5.74, 6) is 0. The lowest BCUT2D eigenvalue weighted by molar-refractivity contribution is 0.0763. The third kappa shape index (κ3) is 2.68. The number of rotatable bonds is 3. The number of fused-ring (bicyclic) bond motifs is 1. The molecule has 2 aromatic rings. The van der Waals surface area contributed by atoms with E-state index in [1.54, 1.807) is 0 Å². The first-order valence-electron chi connectivity index (χ1n) is 7.90. The predicted molar refractivity (Wildman–Crippen MR) is 86.4 cm³/mol. The van der Waals surface area contributed by atoms with E-state index < -0.39 is 6.10 Å². The molecule has 0 bridgehead atoms. The summed E-state index contributed by atoms with van der Waals surface area (Å²) in [5, 5.41) is 12.1. The molecule has 0 radical (unpaired) electrons. The Morgan fingerprint density at radius 1 is 1.33 bits per heavy atom. The number of likely N-dealkylation sites (N-methyl/N-ethyl adjacent to an activating group) is 1. The standard InChI is InChI=1S/C18H24N2O/c1-4-20-9-5-6-16(20)18(21)15-11-12(2)10-14-8-7-13(3)19-17(14)15/h7-8,10-11,16,18,21H,4-6,9H2,1-3H3. The van der Waals surface area contributed by atoms with Gasteiger partial charge in [0.05, 0.1) is 11.6 Å². The molecule has 112 valence electrons. The molecule has 1 saturated heterocycles. The van der Waals surface area contributed by atoms with Crippen molar-refractivity contribution in [3.05, 3.63) is 41.1 Å². The van der Waals surface area contributed by atoms with Crippen molar-refractivity contribution in [2.24, 2.45) is 0 Å². The number of aryl methyl sites for hydroxylation is 2. The minimum atomic E-state index is -0.454. The zero-order valence-corrected chi connectivity index (χ0v) is 13.1. The number of benzene rings is 1. The van der Waals surface area contributed by atoms with Gasteiger partial charge in [0.1, 0.15) is 0 Å². The van der Waals surface area contributed by atoms with E-state index >= 15 is 0 Å². The van der Waals surface area contributed by atoms with Crippen LogP contribution in [0.5, 0.6) is 0 Å². The van der Waals surface area contributed by atoms with E-state index in [1.165, 1.54) is 12.0 Å². The lowest BCUT2D eigenvalue weighted by Crippen LogP contribution is -2.34. The Morgan fingerprint density at radius 2 is 2.14 bits per heavy atom. The third-order valence-corrected chi connectivity index (χ3v) is 4.61. The van der Waals surface area contributed by atoms with E-state index in [4.69, 9.17) is 0 Å². The molecule has 1 aliphatic rings. The van der Waals surface area contributed by atoms with Crippen LogP contribution in [-0.4, -0.2) is 34.1 Å². The molecular formula is C18H24N2O. The van der Waals surface area contributed by atoms with Crippen LogP contribution in [0.15, 0.2) is 24.3 Å². The quantitative estimate of drug-likeness (QED) is 0.939. The predicted octanol–water partition coefficient (Wildman–Crippen LogP) is 3.37. The van der Waals surface area contributed by atoms with Crippen LogP contribution in [0.25, 0.3) is 10.9 Å². The fourth-order valence-electron chi connectivity index (χ4n) is 3.55. The Bertz CT molecular complexity index is 653. The maximum Gasteiger partial charge on any atom is 0.0966 e. The number of aliphatic hydroxyl groups excluding tert-OH is 1. The maximum atomic E-state index is 11.0. The normalized spacial score (nSPS) is 21.0. The highest BCUT2D eigenvalue weighted by Crippen LogP contribution is 2.33. The van der Waals surface area contributed by atoms with Gasteiger partial charge in [0.25, 0.3) is 0 Å². The molecule has 1 fully saturated rings. The van der Waals surface area contributed by atoms with Crippen LogP contribution < -0.4 is 0 Å². The van der Waals surface area contributed by atoms with E-state index in [0.29, 0.717) is 0 Å². The van der Waals surface area contributed by atoms with Gasteiger partial charge in [-0.3, -0.25) is 9.88 Å². The summed E-state index contributed by atoms with van der Waals surface area (Å²) in [7, 11) is 0. The molecule has 0 amide bonds. The average Bonchev–Trinajstić information content (AvgIpc) is 2.94. The van der Waals surface area contributed by atoms with Gasteiger partial charge in [-0.1, -0.05) is 24.6 Å². The molecule has 2 heterocycles. The third-order valence-electron chi connectivity index (χ3n) is 4.61. The van der Waals surface area contributed by atoms with E-state index in [0.717, 1.165) is 41.7 Å². The SMILES string of the molecule is CCN1CCCC1C(O)c1cc(C)cc2ccc(C)nc12. The van der Waals surface area contributed by atoms with Gasteiger partial charge >= 0.3 is 0 Å². The molecule has 0 spiro atoms. The van der Waals surface area contributed by atoms with E-state index in [9.17, 15) is 5.11 Å². The Hall–Kier alpha value is -1.45. The summed E-state index contributed by atoms with van der Waals surface area (Å²) in [4.78, 5) is 7.07. The van der Waals surface area contributed by atoms with E-state index in [1.807, 2.05) is 13.0 Å². The van der Waals surface area contributed by atoms with Crippen LogP contribution in [0.1, 0.15) is 42.7 Å². The zero-order valence-electron chi connectivity index (χ0n) is 13.1. The summed E-state index contributed by atoms with van der Waals surface area (Å²) in [6.07, 6.45) is 1.78. The fraction of sp³-hybridized carbons (Fsp3) is 0.500. The molecule has 2 unspecified atom stereocenters. The van der Waals surface area contributed by atoms with Crippen molar-refractivity contribution < 1.29 is 5.11 Å². The first-order valence-corrected chi connectivity index (χ1v) is 7.90. The van der Waals surface area contributed by atoms with E-state index in [2.05, 4.69) is 41.9 Å². The number of hydrogen-bond acceptors (Lipinski definition) is 3. The zero-order chi connectivity index (χ0) is 15.0. The van der Waals surface area contributed by atoms with Crippen LogP contribution >= 0.6 is 0 Å². The summed E-state index contributed by atoms with van der Waals surface area (Å²) < 4.78 is 0. The van der Waals surface area contributed by atoms with Crippen LogP contribution in [-0.2, 0) is 0 Å². The molecule has 1 aromatic carbocycles. The van der Waals surface area contributed by atoms with Gasteiger partial charge in [-0.15, -0.1) is 0 Å². The lowest BCUT2D eigenvalue weighted by Gasteiger charge is -2.28. The first kappa shape index (κ1) is 14.5. The van der Waals surface area contributed by atoms with Gasteiger partial charge in [-0.05, 0) is 51.9 Å². The minimum absolute atomic E-state index is 0.224. The molecule has 0 saturated carbocycles. The van der Waals surface area contributed by atoms with Crippen molar-refractivity contribution in [3.8, 4) is 0 Å². The van der Waals surface area contributed by atoms with Gasteiger partial charge in [-0.25, -0.2) is 0 Å². The Morgan fingerprint density at radius 3 is 2.90 bits per heavy atom. The number of aliphatic hydroxyl groups is 1. The molecule has 21 heavy (non-hydrogen) atoms. The maximum absolute atomic E-state index is 11.0. The van der Waals surface area contributed by atoms with Crippen molar-refractivity contribution in [2.45, 2.75) is 45.8 Å². The summed E-state index contributed by atoms with van der Waals surface area (Å²) in [6.45, 7) is 8.35. The van der Waals surface area contributed by atoms with Crippen LogP contribution in [0.3, 0.4) is 0 Å². The lowest BCUT2D eigenvalue weighted by atomic mass is 9.95. The van der Waals surface area contributed by atoms with E-state index in [-0.39, 0.29) is 6.04 Å². The molecule has 3 heteroatoms. The van der Waals surface area contributed by atoms with Crippen LogP contribution in [0, 0.1) is 13.8 Å². The smallest absolute Gasteiger partial charge is 0.0966 e. The summed E-state index contributed by atoms with van der Waals surface area (Å²) in [5.41, 5.74) is 4.12. The van der Waals surface area contributed by atoms with Crippen molar-refractivity contribution in [1.82, 2.24) is 9.88 Å². The number of pyridine rings is 1. The molecular weight excluding hydrogens is 260 g/mol. The van der Waals surface area contributed by atoms with Gasteiger partial charge in [0.2, 0.25) is 0 Å². The number of nitrogens with zero attached hydrogens (tertiary/aromatic N) is 2. The number of likely N-dealkylation sites (tertiary alicyclic amines) is 1. The molecule has 1 aromatic heterocycles. The van der Waals surface area contributed by atoms with Gasteiger partial charge in [0.15, 0.2) is 0 Å². The highest BCUT2D eigenvalue weighted by atomic mass is 16.3. The van der Waals surface area contributed by atoms with Crippen LogP contribution in [0.2, 0.25) is 0 Å². The molecule has 3 nitrogen and oxygen atoms in total. The van der Waals surface area contributed by atoms with Crippen molar-refractivity contribution in [1.29, 1.82) is 0 Å². The summed E-state index contributed by atoms with van der Waals surface area (Å²) >= 11 is 0. The minimum Gasteiger partial charge on any atom is -0.387 e. The second kappa shape index (κ2) is 5.74. The monoisotopic (exact) mass is 284 g/mol. The number of hydrogen-bond donors (Lipinski definition) is 1. The first-order chi connectivity index (χ1) is 10.1. The van der Waals surface area contributed by atoms with Gasteiger partial charge < -0.3 is 5.11 Å². The Kier molecular flexibility index (Phi) is 3.96. The highest BCUT2D eigenvalue weighted by molar-refractivity contribution is 5.83. The molecule has 3 rings (SSSR count). The Labute approximate surface area is 126 Å². The highest BCUT2D eigenvalue weighted by Gasteiger charge is 2.31. The van der Waals surface area contributed by atoms with Gasteiger partial charge in [0, 0.05) is 22.7 Å².